The monoisotopic (exact) mass is 447 g/mol. The molecule has 0 spiro atoms. The van der Waals surface area contributed by atoms with E-state index in [1.54, 1.807) is 16.4 Å². The van der Waals surface area contributed by atoms with Gasteiger partial charge in [-0.1, -0.05) is 30.3 Å². The summed E-state index contributed by atoms with van der Waals surface area (Å²) in [6.45, 7) is 0.523. The number of aromatic nitrogens is 4. The molecule has 4 aromatic rings. The molecule has 1 aromatic carbocycles. The van der Waals surface area contributed by atoms with Gasteiger partial charge in [0.15, 0.2) is 0 Å². The van der Waals surface area contributed by atoms with Crippen LogP contribution in [0.25, 0.3) is 11.3 Å². The topological polar surface area (TPSA) is 96.8 Å². The number of rotatable bonds is 9. The summed E-state index contributed by atoms with van der Waals surface area (Å²) in [6, 6.07) is 15.2. The fraction of sp³-hybridized carbons (Fsp3) is 0.217. The minimum atomic E-state index is -0.422. The molecule has 0 aliphatic heterocycles. The van der Waals surface area contributed by atoms with Crippen LogP contribution in [0.4, 0.5) is 11.6 Å². The maximum absolute atomic E-state index is 13.2. The average Bonchev–Trinajstić information content (AvgIpc) is 3.47. The molecule has 9 heteroatoms. The second-order valence-corrected chi connectivity index (χ2v) is 8.03. The fourth-order valence-electron chi connectivity index (χ4n) is 3.33. The quantitative estimate of drug-likeness (QED) is 0.364. The number of anilines is 2. The number of nitrogens with one attached hydrogen (secondary N) is 3. The number of hydrogen-bond donors (Lipinski definition) is 3. The van der Waals surface area contributed by atoms with E-state index in [2.05, 4.69) is 31.0 Å². The Morgan fingerprint density at radius 1 is 1.16 bits per heavy atom. The summed E-state index contributed by atoms with van der Waals surface area (Å²) in [5.74, 6) is 1.26. The number of carbonyl (C=O) groups is 1. The predicted molar refractivity (Wildman–Crippen MR) is 128 cm³/mol. The highest BCUT2D eigenvalue weighted by atomic mass is 32.1. The van der Waals surface area contributed by atoms with Gasteiger partial charge < -0.3 is 10.6 Å². The summed E-state index contributed by atoms with van der Waals surface area (Å²) in [7, 11) is 3.63. The average molecular weight is 448 g/mol. The third-order valence-electron chi connectivity index (χ3n) is 5.06. The highest BCUT2D eigenvalue weighted by Crippen LogP contribution is 2.23. The molecule has 3 N–H and O–H groups in total. The molecule has 0 fully saturated rings. The lowest BCUT2D eigenvalue weighted by Gasteiger charge is -2.18. The van der Waals surface area contributed by atoms with Crippen molar-refractivity contribution in [3.05, 3.63) is 76.9 Å². The van der Waals surface area contributed by atoms with Crippen molar-refractivity contribution in [1.82, 2.24) is 25.1 Å². The van der Waals surface area contributed by atoms with E-state index >= 15 is 0 Å². The third kappa shape index (κ3) is 5.37. The van der Waals surface area contributed by atoms with Crippen LogP contribution in [0, 0.1) is 0 Å². The number of pyridine rings is 1. The van der Waals surface area contributed by atoms with Crippen molar-refractivity contribution in [1.29, 1.82) is 0 Å². The summed E-state index contributed by atoms with van der Waals surface area (Å²) in [5, 5.41) is 15.9. The van der Waals surface area contributed by atoms with Gasteiger partial charge >= 0.3 is 0 Å². The molecule has 4 rings (SSSR count). The zero-order valence-corrected chi connectivity index (χ0v) is 18.8. The van der Waals surface area contributed by atoms with Crippen LogP contribution in [0.1, 0.15) is 11.3 Å². The molecule has 8 nitrogen and oxygen atoms in total. The molecular weight excluding hydrogens is 422 g/mol. The van der Waals surface area contributed by atoms with Gasteiger partial charge in [0, 0.05) is 43.8 Å². The van der Waals surface area contributed by atoms with Crippen molar-refractivity contribution < 1.29 is 4.79 Å². The lowest BCUT2D eigenvalue weighted by atomic mass is 10.1. The molecular formula is C23H25N7OS. The maximum Gasteiger partial charge on any atom is 0.243 e. The zero-order valence-electron chi connectivity index (χ0n) is 17.9. The Bertz CT molecular complexity index is 1160. The zero-order chi connectivity index (χ0) is 22.3. The van der Waals surface area contributed by atoms with Crippen LogP contribution in [0.2, 0.25) is 0 Å². The number of benzene rings is 1. The second kappa shape index (κ2) is 10.2. The molecule has 32 heavy (non-hydrogen) atoms. The van der Waals surface area contributed by atoms with Crippen molar-refractivity contribution in [2.75, 3.05) is 17.7 Å². The number of carbonyl (C=O) groups excluding carboxylic acids is 1. The van der Waals surface area contributed by atoms with E-state index in [4.69, 9.17) is 0 Å². The van der Waals surface area contributed by atoms with Gasteiger partial charge in [-0.15, -0.1) is 11.3 Å². The Hall–Kier alpha value is -3.56. The predicted octanol–water partition coefficient (Wildman–Crippen LogP) is 3.32. The molecule has 1 atom stereocenters. The number of nitrogens with zero attached hydrogens (tertiary/aromatic N) is 4. The van der Waals surface area contributed by atoms with Gasteiger partial charge in [0.25, 0.3) is 0 Å². The molecule has 164 valence electrons. The van der Waals surface area contributed by atoms with E-state index in [1.807, 2.05) is 68.0 Å². The van der Waals surface area contributed by atoms with E-state index in [-0.39, 0.29) is 5.91 Å². The first-order valence-electron chi connectivity index (χ1n) is 10.3. The smallest absolute Gasteiger partial charge is 0.243 e. The summed E-state index contributed by atoms with van der Waals surface area (Å²) >= 11 is 1.54. The van der Waals surface area contributed by atoms with Gasteiger partial charge in [-0.2, -0.15) is 5.10 Å². The minimum Gasteiger partial charge on any atom is -0.373 e. The number of aryl methyl sites for hydroxylation is 1. The Labute approximate surface area is 190 Å². The standard InChI is InChI=1S/C23H25N7OS/c1-24-21-11-17(8-9-25-21)19-12-22(30(2)29-19)28-23(31)20(10-16-6-4-3-5-7-16)26-13-18-14-32-15-27-18/h3-9,11-12,14-15,20,26H,10,13H2,1-2H3,(H,24,25)(H,28,31). The van der Waals surface area contributed by atoms with Crippen LogP contribution in [0.3, 0.4) is 0 Å². The van der Waals surface area contributed by atoms with E-state index in [0.717, 1.165) is 28.3 Å². The van der Waals surface area contributed by atoms with Crippen molar-refractivity contribution in [2.24, 2.45) is 7.05 Å². The second-order valence-electron chi connectivity index (χ2n) is 7.31. The van der Waals surface area contributed by atoms with Crippen LogP contribution in [-0.2, 0) is 24.8 Å². The number of thiazole rings is 1. The van der Waals surface area contributed by atoms with Gasteiger partial charge in [0.2, 0.25) is 5.91 Å². The van der Waals surface area contributed by atoms with Crippen molar-refractivity contribution in [2.45, 2.75) is 19.0 Å². The largest absolute Gasteiger partial charge is 0.373 e. The Balaban J connectivity index is 1.51. The summed E-state index contributed by atoms with van der Waals surface area (Å²) in [4.78, 5) is 21.8. The van der Waals surface area contributed by atoms with Crippen LogP contribution >= 0.6 is 11.3 Å². The Morgan fingerprint density at radius 3 is 2.75 bits per heavy atom. The van der Waals surface area contributed by atoms with Crippen molar-refractivity contribution >= 4 is 28.9 Å². The fourth-order valence-corrected chi connectivity index (χ4v) is 3.88. The molecule has 3 aromatic heterocycles. The third-order valence-corrected chi connectivity index (χ3v) is 5.69. The first kappa shape index (κ1) is 21.7. The summed E-state index contributed by atoms with van der Waals surface area (Å²) in [5.41, 5.74) is 5.47. The molecule has 0 saturated heterocycles. The van der Waals surface area contributed by atoms with Crippen molar-refractivity contribution in [3.8, 4) is 11.3 Å². The first-order chi connectivity index (χ1) is 15.6. The van der Waals surface area contributed by atoms with E-state index in [0.29, 0.717) is 18.8 Å². The van der Waals surface area contributed by atoms with Gasteiger partial charge in [-0.05, 0) is 24.1 Å². The SMILES string of the molecule is CNc1cc(-c2cc(NC(=O)C(Cc3ccccc3)NCc3cscn3)n(C)n2)ccn1. The lowest BCUT2D eigenvalue weighted by molar-refractivity contribution is -0.118. The molecule has 0 saturated carbocycles. The molecule has 3 heterocycles. The van der Waals surface area contributed by atoms with E-state index in [9.17, 15) is 4.79 Å². The van der Waals surface area contributed by atoms with Gasteiger partial charge in [-0.3, -0.25) is 14.8 Å². The van der Waals surface area contributed by atoms with Crippen LogP contribution in [-0.4, -0.2) is 38.7 Å². The normalized spacial score (nSPS) is 11.8. The molecule has 1 amide bonds. The highest BCUT2D eigenvalue weighted by Gasteiger charge is 2.21. The van der Waals surface area contributed by atoms with Crippen LogP contribution < -0.4 is 16.0 Å². The highest BCUT2D eigenvalue weighted by molar-refractivity contribution is 7.07. The first-order valence-corrected chi connectivity index (χ1v) is 11.2. The summed E-state index contributed by atoms with van der Waals surface area (Å²) < 4.78 is 1.67. The Morgan fingerprint density at radius 2 is 2.00 bits per heavy atom. The lowest BCUT2D eigenvalue weighted by Crippen LogP contribution is -2.42. The van der Waals surface area contributed by atoms with Gasteiger partial charge in [0.05, 0.1) is 22.9 Å². The molecule has 0 aliphatic carbocycles. The summed E-state index contributed by atoms with van der Waals surface area (Å²) in [6.07, 6.45) is 2.30. The van der Waals surface area contributed by atoms with Gasteiger partial charge in [-0.25, -0.2) is 9.97 Å². The molecule has 1 unspecified atom stereocenters. The number of amides is 1. The van der Waals surface area contributed by atoms with Crippen LogP contribution in [0.15, 0.2) is 65.6 Å². The van der Waals surface area contributed by atoms with E-state index < -0.39 is 6.04 Å². The van der Waals surface area contributed by atoms with Crippen molar-refractivity contribution in [3.63, 3.8) is 0 Å². The number of hydrogen-bond acceptors (Lipinski definition) is 7. The minimum absolute atomic E-state index is 0.121. The molecule has 0 bridgehead atoms. The van der Waals surface area contributed by atoms with E-state index in [1.165, 1.54) is 11.3 Å². The van der Waals surface area contributed by atoms with Gasteiger partial charge in [0.1, 0.15) is 11.6 Å². The van der Waals surface area contributed by atoms with Crippen LogP contribution in [0.5, 0.6) is 0 Å². The Kier molecular flexibility index (Phi) is 6.88. The maximum atomic E-state index is 13.2. The molecule has 0 aliphatic rings. The molecule has 0 radical (unpaired) electrons.